The molecule has 0 spiro atoms. The number of carboxylic acids is 1. The Morgan fingerprint density at radius 1 is 1.14 bits per heavy atom. The zero-order valence-electron chi connectivity index (χ0n) is 17.1. The van der Waals surface area contributed by atoms with Gasteiger partial charge in [0.05, 0.1) is 7.11 Å². The van der Waals surface area contributed by atoms with Crippen LogP contribution in [-0.4, -0.2) is 30.1 Å². The van der Waals surface area contributed by atoms with E-state index in [1.54, 1.807) is 27.0 Å². The summed E-state index contributed by atoms with van der Waals surface area (Å²) in [7, 11) is 1.64. The number of aliphatic carboxylic acids is 1. The Labute approximate surface area is 171 Å². The van der Waals surface area contributed by atoms with Gasteiger partial charge < -0.3 is 19.9 Å². The number of amides is 1. The first-order valence-corrected chi connectivity index (χ1v) is 9.38. The Morgan fingerprint density at radius 2 is 1.83 bits per heavy atom. The summed E-state index contributed by atoms with van der Waals surface area (Å²) in [6.45, 7) is 5.89. The van der Waals surface area contributed by atoms with Gasteiger partial charge in [-0.1, -0.05) is 38.1 Å². The summed E-state index contributed by atoms with van der Waals surface area (Å²) in [4.78, 5) is 23.1. The van der Waals surface area contributed by atoms with Gasteiger partial charge in [0.25, 0.3) is 0 Å². The average Bonchev–Trinajstić information content (AvgIpc) is 2.70. The van der Waals surface area contributed by atoms with Gasteiger partial charge in [-0.2, -0.15) is 0 Å². The molecule has 6 nitrogen and oxygen atoms in total. The molecule has 0 aliphatic carbocycles. The molecule has 0 aromatic heterocycles. The molecule has 0 aliphatic rings. The van der Waals surface area contributed by atoms with Crippen molar-refractivity contribution in [3.63, 3.8) is 0 Å². The molecular formula is C23H27NO5. The van der Waals surface area contributed by atoms with E-state index >= 15 is 0 Å². The predicted octanol–water partition coefficient (Wildman–Crippen LogP) is 3.82. The highest BCUT2D eigenvalue weighted by Gasteiger charge is 2.22. The maximum absolute atomic E-state index is 11.9. The standard InChI is InChI=1S/C23H27NO5/c1-15(2)22(23(26)27)24-21(25)12-9-17-7-10-19(11-8-17)29-14-18-6-5-16(3)20(13-18)28-4/h5-13,15,22H,14H2,1-4H3,(H,24,25)(H,26,27)/b12-9+. The summed E-state index contributed by atoms with van der Waals surface area (Å²) in [5, 5.41) is 11.6. The maximum Gasteiger partial charge on any atom is 0.326 e. The molecule has 0 bridgehead atoms. The lowest BCUT2D eigenvalue weighted by Gasteiger charge is -2.16. The van der Waals surface area contributed by atoms with Crippen LogP contribution >= 0.6 is 0 Å². The minimum absolute atomic E-state index is 0.199. The van der Waals surface area contributed by atoms with Crippen molar-refractivity contribution in [1.82, 2.24) is 5.32 Å². The number of benzene rings is 2. The fourth-order valence-electron chi connectivity index (χ4n) is 2.68. The zero-order chi connectivity index (χ0) is 21.4. The van der Waals surface area contributed by atoms with E-state index in [9.17, 15) is 9.59 Å². The van der Waals surface area contributed by atoms with Gasteiger partial charge in [-0.15, -0.1) is 0 Å². The molecule has 6 heteroatoms. The van der Waals surface area contributed by atoms with Crippen LogP contribution < -0.4 is 14.8 Å². The number of hydrogen-bond donors (Lipinski definition) is 2. The van der Waals surface area contributed by atoms with Gasteiger partial charge in [-0.3, -0.25) is 4.79 Å². The van der Waals surface area contributed by atoms with Crippen LogP contribution in [0.4, 0.5) is 0 Å². The zero-order valence-corrected chi connectivity index (χ0v) is 17.1. The fraction of sp³-hybridized carbons (Fsp3) is 0.304. The predicted molar refractivity (Wildman–Crippen MR) is 112 cm³/mol. The van der Waals surface area contributed by atoms with Crippen LogP contribution in [0.2, 0.25) is 0 Å². The number of nitrogens with one attached hydrogen (secondary N) is 1. The third kappa shape index (κ3) is 6.68. The first-order chi connectivity index (χ1) is 13.8. The lowest BCUT2D eigenvalue weighted by molar-refractivity contribution is -0.142. The van der Waals surface area contributed by atoms with Gasteiger partial charge in [-0.25, -0.2) is 4.79 Å². The third-order valence-electron chi connectivity index (χ3n) is 4.42. The number of carboxylic acid groups (broad SMARTS) is 1. The van der Waals surface area contributed by atoms with Crippen LogP contribution in [0.25, 0.3) is 6.08 Å². The molecule has 29 heavy (non-hydrogen) atoms. The minimum atomic E-state index is -1.05. The van der Waals surface area contributed by atoms with Crippen molar-refractivity contribution in [3.05, 3.63) is 65.2 Å². The molecule has 2 aromatic rings. The second-order valence-corrected chi connectivity index (χ2v) is 7.06. The third-order valence-corrected chi connectivity index (χ3v) is 4.42. The van der Waals surface area contributed by atoms with Gasteiger partial charge in [-0.05, 0) is 53.8 Å². The minimum Gasteiger partial charge on any atom is -0.496 e. The van der Waals surface area contributed by atoms with Crippen molar-refractivity contribution in [2.75, 3.05) is 7.11 Å². The van der Waals surface area contributed by atoms with Crippen LogP contribution in [0.3, 0.4) is 0 Å². The molecule has 0 radical (unpaired) electrons. The summed E-state index contributed by atoms with van der Waals surface area (Å²) in [5.41, 5.74) is 2.88. The Bertz CT molecular complexity index is 871. The molecule has 0 saturated carbocycles. The molecule has 0 heterocycles. The van der Waals surface area contributed by atoms with Crippen molar-refractivity contribution >= 4 is 18.0 Å². The summed E-state index contributed by atoms with van der Waals surface area (Å²) in [6, 6.07) is 12.3. The smallest absolute Gasteiger partial charge is 0.326 e. The topological polar surface area (TPSA) is 84.9 Å². The van der Waals surface area contributed by atoms with Crippen LogP contribution in [0.1, 0.15) is 30.5 Å². The SMILES string of the molecule is COc1cc(COc2ccc(/C=C/C(=O)NC(C(=O)O)C(C)C)cc2)ccc1C. The highest BCUT2D eigenvalue weighted by molar-refractivity contribution is 5.94. The van der Waals surface area contributed by atoms with Crippen LogP contribution in [0.15, 0.2) is 48.5 Å². The fourth-order valence-corrected chi connectivity index (χ4v) is 2.68. The molecular weight excluding hydrogens is 370 g/mol. The van der Waals surface area contributed by atoms with E-state index in [-0.39, 0.29) is 5.92 Å². The molecule has 2 rings (SSSR count). The largest absolute Gasteiger partial charge is 0.496 e. The van der Waals surface area contributed by atoms with Crippen molar-refractivity contribution in [2.45, 2.75) is 33.4 Å². The Hall–Kier alpha value is -3.28. The second kappa shape index (κ2) is 10.3. The average molecular weight is 397 g/mol. The number of carbonyl (C=O) groups is 2. The maximum atomic E-state index is 11.9. The number of methoxy groups -OCH3 is 1. The van der Waals surface area contributed by atoms with E-state index in [2.05, 4.69) is 5.32 Å². The number of hydrogen-bond acceptors (Lipinski definition) is 4. The normalized spacial score (nSPS) is 12.0. The van der Waals surface area contributed by atoms with E-state index < -0.39 is 17.9 Å². The molecule has 0 aliphatic heterocycles. The molecule has 0 saturated heterocycles. The lowest BCUT2D eigenvalue weighted by Crippen LogP contribution is -2.43. The van der Waals surface area contributed by atoms with Crippen LogP contribution in [0, 0.1) is 12.8 Å². The Balaban J connectivity index is 1.92. The van der Waals surface area contributed by atoms with Crippen molar-refractivity contribution in [2.24, 2.45) is 5.92 Å². The summed E-state index contributed by atoms with van der Waals surface area (Å²) >= 11 is 0. The molecule has 1 atom stereocenters. The van der Waals surface area contributed by atoms with Gasteiger partial charge in [0.2, 0.25) is 5.91 Å². The van der Waals surface area contributed by atoms with E-state index in [0.717, 1.165) is 22.4 Å². The number of carbonyl (C=O) groups excluding carboxylic acids is 1. The highest BCUT2D eigenvalue weighted by atomic mass is 16.5. The number of ether oxygens (including phenoxy) is 2. The van der Waals surface area contributed by atoms with Crippen molar-refractivity contribution < 1.29 is 24.2 Å². The highest BCUT2D eigenvalue weighted by Crippen LogP contribution is 2.21. The molecule has 1 amide bonds. The molecule has 2 N–H and O–H groups in total. The van der Waals surface area contributed by atoms with Gasteiger partial charge in [0.15, 0.2) is 0 Å². The lowest BCUT2D eigenvalue weighted by atomic mass is 10.0. The summed E-state index contributed by atoms with van der Waals surface area (Å²) in [6.07, 6.45) is 2.95. The van der Waals surface area contributed by atoms with Gasteiger partial charge in [0, 0.05) is 6.08 Å². The van der Waals surface area contributed by atoms with Crippen molar-refractivity contribution in [3.8, 4) is 11.5 Å². The summed E-state index contributed by atoms with van der Waals surface area (Å²) in [5.74, 6) is -0.159. The van der Waals surface area contributed by atoms with Crippen molar-refractivity contribution in [1.29, 1.82) is 0 Å². The van der Waals surface area contributed by atoms with Gasteiger partial charge >= 0.3 is 5.97 Å². The first-order valence-electron chi connectivity index (χ1n) is 9.38. The van der Waals surface area contributed by atoms with Gasteiger partial charge in [0.1, 0.15) is 24.1 Å². The Morgan fingerprint density at radius 3 is 2.41 bits per heavy atom. The second-order valence-electron chi connectivity index (χ2n) is 7.06. The Kier molecular flexibility index (Phi) is 7.83. The monoisotopic (exact) mass is 397 g/mol. The molecule has 2 aromatic carbocycles. The van der Waals surface area contributed by atoms with E-state index in [1.807, 2.05) is 49.4 Å². The van der Waals surface area contributed by atoms with Crippen LogP contribution in [0.5, 0.6) is 11.5 Å². The summed E-state index contributed by atoms with van der Waals surface area (Å²) < 4.78 is 11.1. The van der Waals surface area contributed by atoms with Crippen LogP contribution in [-0.2, 0) is 16.2 Å². The van der Waals surface area contributed by atoms with E-state index in [1.165, 1.54) is 6.08 Å². The van der Waals surface area contributed by atoms with E-state index in [4.69, 9.17) is 14.6 Å². The van der Waals surface area contributed by atoms with E-state index in [0.29, 0.717) is 12.4 Å². The first kappa shape index (κ1) is 22.0. The number of aryl methyl sites for hydroxylation is 1. The molecule has 0 fully saturated rings. The number of rotatable bonds is 9. The molecule has 154 valence electrons. The molecule has 1 unspecified atom stereocenters. The quantitative estimate of drug-likeness (QED) is 0.629.